The van der Waals surface area contributed by atoms with Gasteiger partial charge in [-0.1, -0.05) is 6.42 Å². The van der Waals surface area contributed by atoms with Crippen LogP contribution in [0.2, 0.25) is 0 Å². The quantitative estimate of drug-likeness (QED) is 0.771. The zero-order valence-corrected chi connectivity index (χ0v) is 10.0. The predicted octanol–water partition coefficient (Wildman–Crippen LogP) is 1.57. The highest BCUT2D eigenvalue weighted by Gasteiger charge is 2.16. The molecule has 1 aliphatic carbocycles. The Morgan fingerprint density at radius 2 is 2.06 bits per heavy atom. The summed E-state index contributed by atoms with van der Waals surface area (Å²) in [4.78, 5) is 16.5. The molecule has 0 radical (unpaired) electrons. The van der Waals surface area contributed by atoms with Crippen LogP contribution in [0.25, 0.3) is 0 Å². The first-order chi connectivity index (χ1) is 7.77. The van der Waals surface area contributed by atoms with E-state index in [1.807, 2.05) is 11.5 Å². The average molecular weight is 221 g/mol. The van der Waals surface area contributed by atoms with Gasteiger partial charge in [0.2, 0.25) is 0 Å². The van der Waals surface area contributed by atoms with E-state index in [0.29, 0.717) is 5.82 Å². The van der Waals surface area contributed by atoms with Gasteiger partial charge in [-0.15, -0.1) is 0 Å². The Kier molecular flexibility index (Phi) is 3.27. The summed E-state index contributed by atoms with van der Waals surface area (Å²) in [5, 5.41) is 2.90. The Hall–Kier alpha value is -1.32. The molecule has 1 aliphatic rings. The maximum Gasteiger partial charge on any atom is 0.293 e. The smallest absolute Gasteiger partial charge is 0.293 e. The monoisotopic (exact) mass is 221 g/mol. The molecular weight excluding hydrogens is 202 g/mol. The first-order valence-corrected chi connectivity index (χ1v) is 6.08. The number of hydrogen-bond donors (Lipinski definition) is 1. The first-order valence-electron chi connectivity index (χ1n) is 6.08. The number of hydrogen-bond acceptors (Lipinski definition) is 3. The van der Waals surface area contributed by atoms with Gasteiger partial charge in [0.05, 0.1) is 5.69 Å². The maximum atomic E-state index is 12.1. The van der Waals surface area contributed by atoms with Gasteiger partial charge in [-0.25, -0.2) is 4.98 Å². The van der Waals surface area contributed by atoms with Crippen LogP contribution in [0.1, 0.15) is 37.6 Å². The molecule has 88 valence electrons. The molecule has 16 heavy (non-hydrogen) atoms. The van der Waals surface area contributed by atoms with Gasteiger partial charge in [0.1, 0.15) is 0 Å². The summed E-state index contributed by atoms with van der Waals surface area (Å²) < 4.78 is 1.87. The van der Waals surface area contributed by atoms with Crippen molar-refractivity contribution < 1.29 is 0 Å². The van der Waals surface area contributed by atoms with Gasteiger partial charge in [-0.05, 0) is 32.6 Å². The van der Waals surface area contributed by atoms with Crippen molar-refractivity contribution in [2.75, 3.05) is 12.4 Å². The molecule has 0 bridgehead atoms. The topological polar surface area (TPSA) is 46.9 Å². The van der Waals surface area contributed by atoms with E-state index in [9.17, 15) is 4.79 Å². The number of aromatic nitrogens is 2. The van der Waals surface area contributed by atoms with E-state index < -0.39 is 0 Å². The van der Waals surface area contributed by atoms with Gasteiger partial charge >= 0.3 is 0 Å². The molecule has 1 N–H and O–H groups in total. The fourth-order valence-electron chi connectivity index (χ4n) is 2.39. The van der Waals surface area contributed by atoms with Crippen LogP contribution >= 0.6 is 0 Å². The highest BCUT2D eigenvalue weighted by atomic mass is 16.1. The van der Waals surface area contributed by atoms with Crippen LogP contribution in [0.4, 0.5) is 5.82 Å². The summed E-state index contributed by atoms with van der Waals surface area (Å²) in [6.07, 6.45) is 5.60. The minimum absolute atomic E-state index is 0.0191. The number of nitrogens with one attached hydrogen (secondary N) is 1. The van der Waals surface area contributed by atoms with E-state index in [2.05, 4.69) is 10.3 Å². The van der Waals surface area contributed by atoms with Gasteiger partial charge in [0.15, 0.2) is 5.82 Å². The molecule has 1 aromatic rings. The molecule has 0 atom stereocenters. The number of nitrogens with zero attached hydrogens (tertiary/aromatic N) is 2. The minimum atomic E-state index is 0.0191. The van der Waals surface area contributed by atoms with E-state index in [0.717, 1.165) is 30.8 Å². The third-order valence-corrected chi connectivity index (χ3v) is 3.23. The normalized spacial score (nSPS) is 15.4. The Morgan fingerprint density at radius 3 is 2.75 bits per heavy atom. The maximum absolute atomic E-state index is 12.1. The molecule has 1 heterocycles. The Balaban J connectivity index is 2.60. The van der Waals surface area contributed by atoms with Crippen molar-refractivity contribution in [1.29, 1.82) is 0 Å². The fourth-order valence-corrected chi connectivity index (χ4v) is 2.39. The van der Waals surface area contributed by atoms with E-state index in [1.54, 1.807) is 7.05 Å². The van der Waals surface area contributed by atoms with Gasteiger partial charge < -0.3 is 9.88 Å². The van der Waals surface area contributed by atoms with Crippen LogP contribution in [-0.4, -0.2) is 16.6 Å². The molecule has 0 unspecified atom stereocenters. The summed E-state index contributed by atoms with van der Waals surface area (Å²) in [6, 6.07) is 0. The highest BCUT2D eigenvalue weighted by molar-refractivity contribution is 5.34. The van der Waals surface area contributed by atoms with E-state index in [1.165, 1.54) is 19.3 Å². The Labute approximate surface area is 95.7 Å². The fraction of sp³-hybridized carbons (Fsp3) is 0.667. The molecule has 0 spiro atoms. The van der Waals surface area contributed by atoms with Gasteiger partial charge in [-0.3, -0.25) is 4.79 Å². The lowest BCUT2D eigenvalue weighted by Gasteiger charge is -2.14. The van der Waals surface area contributed by atoms with Crippen molar-refractivity contribution in [3.8, 4) is 0 Å². The molecule has 0 amide bonds. The van der Waals surface area contributed by atoms with Gasteiger partial charge in [-0.2, -0.15) is 0 Å². The lowest BCUT2D eigenvalue weighted by Crippen LogP contribution is -2.28. The number of fused-ring (bicyclic) bond motifs is 1. The molecule has 4 heteroatoms. The van der Waals surface area contributed by atoms with Crippen LogP contribution in [0, 0.1) is 0 Å². The lowest BCUT2D eigenvalue weighted by molar-refractivity contribution is 0.645. The van der Waals surface area contributed by atoms with Crippen LogP contribution < -0.4 is 10.9 Å². The number of rotatable bonds is 2. The SMILES string of the molecule is CCn1c2c(nc(NC)c1=O)CCCCC2. The minimum Gasteiger partial charge on any atom is -0.369 e. The predicted molar refractivity (Wildman–Crippen MR) is 65.0 cm³/mol. The van der Waals surface area contributed by atoms with Crippen LogP contribution in [0.15, 0.2) is 4.79 Å². The molecule has 2 rings (SSSR count). The second kappa shape index (κ2) is 4.68. The van der Waals surface area contributed by atoms with E-state index in [4.69, 9.17) is 0 Å². The first kappa shape index (κ1) is 11.2. The molecular formula is C12H19N3O. The zero-order chi connectivity index (χ0) is 11.5. The van der Waals surface area contributed by atoms with Crippen molar-refractivity contribution in [2.45, 2.75) is 45.6 Å². The van der Waals surface area contributed by atoms with Crippen LogP contribution in [0.3, 0.4) is 0 Å². The van der Waals surface area contributed by atoms with Gasteiger partial charge in [0, 0.05) is 19.3 Å². The van der Waals surface area contributed by atoms with Crippen LogP contribution in [0.5, 0.6) is 0 Å². The molecule has 0 aromatic carbocycles. The zero-order valence-electron chi connectivity index (χ0n) is 10.0. The Bertz CT molecular complexity index is 437. The summed E-state index contributed by atoms with van der Waals surface area (Å²) >= 11 is 0. The molecule has 0 fully saturated rings. The molecule has 4 nitrogen and oxygen atoms in total. The number of aryl methyl sites for hydroxylation is 1. The third kappa shape index (κ3) is 1.84. The van der Waals surface area contributed by atoms with Crippen LogP contribution in [-0.2, 0) is 19.4 Å². The molecule has 0 aliphatic heterocycles. The standard InChI is InChI=1S/C12H19N3O/c1-3-15-10-8-6-4-5-7-9(10)14-11(13-2)12(15)16/h3-8H2,1-2H3,(H,13,14). The summed E-state index contributed by atoms with van der Waals surface area (Å²) in [5.41, 5.74) is 2.29. The highest BCUT2D eigenvalue weighted by Crippen LogP contribution is 2.18. The van der Waals surface area contributed by atoms with E-state index in [-0.39, 0.29) is 5.56 Å². The van der Waals surface area contributed by atoms with Crippen molar-refractivity contribution in [3.05, 3.63) is 21.7 Å². The second-order valence-corrected chi connectivity index (χ2v) is 4.21. The molecule has 0 saturated heterocycles. The van der Waals surface area contributed by atoms with Crippen molar-refractivity contribution in [3.63, 3.8) is 0 Å². The number of anilines is 1. The molecule has 0 saturated carbocycles. The van der Waals surface area contributed by atoms with Crippen molar-refractivity contribution in [2.24, 2.45) is 0 Å². The Morgan fingerprint density at radius 1 is 1.31 bits per heavy atom. The average Bonchev–Trinajstić information content (AvgIpc) is 2.53. The van der Waals surface area contributed by atoms with Crippen molar-refractivity contribution in [1.82, 2.24) is 9.55 Å². The van der Waals surface area contributed by atoms with E-state index >= 15 is 0 Å². The van der Waals surface area contributed by atoms with Crippen molar-refractivity contribution >= 4 is 5.82 Å². The second-order valence-electron chi connectivity index (χ2n) is 4.21. The molecule has 1 aromatic heterocycles. The lowest BCUT2D eigenvalue weighted by atomic mass is 10.2. The summed E-state index contributed by atoms with van der Waals surface area (Å²) in [5.74, 6) is 0.488. The summed E-state index contributed by atoms with van der Waals surface area (Å²) in [7, 11) is 1.76. The van der Waals surface area contributed by atoms with Gasteiger partial charge in [0.25, 0.3) is 5.56 Å². The largest absolute Gasteiger partial charge is 0.369 e. The third-order valence-electron chi connectivity index (χ3n) is 3.23. The summed E-state index contributed by atoms with van der Waals surface area (Å²) in [6.45, 7) is 2.75.